The summed E-state index contributed by atoms with van der Waals surface area (Å²) in [7, 11) is 0. The summed E-state index contributed by atoms with van der Waals surface area (Å²) in [6.45, 7) is 4.78. The van der Waals surface area contributed by atoms with E-state index in [0.29, 0.717) is 0 Å². The summed E-state index contributed by atoms with van der Waals surface area (Å²) in [4.78, 5) is 13.6. The minimum absolute atomic E-state index is 0.119. The molecule has 0 aliphatic carbocycles. The summed E-state index contributed by atoms with van der Waals surface area (Å²) in [5.41, 5.74) is 0. The molecule has 4 heteroatoms. The molecule has 0 saturated carbocycles. The van der Waals surface area contributed by atoms with E-state index in [-0.39, 0.29) is 11.8 Å². The molecule has 0 bridgehead atoms. The number of hydrogen-bond donors (Lipinski definition) is 0. The number of thioether (sulfide) groups is 2. The van der Waals surface area contributed by atoms with E-state index in [0.717, 1.165) is 18.2 Å². The van der Waals surface area contributed by atoms with Gasteiger partial charge < -0.3 is 4.90 Å². The molecule has 1 amide bonds. The lowest BCUT2D eigenvalue weighted by molar-refractivity contribution is -0.133. The van der Waals surface area contributed by atoms with E-state index >= 15 is 0 Å². The first-order chi connectivity index (χ1) is 6.13. The van der Waals surface area contributed by atoms with Crippen LogP contribution in [0.2, 0.25) is 0 Å². The van der Waals surface area contributed by atoms with Crippen molar-refractivity contribution in [2.24, 2.45) is 5.92 Å². The smallest absolute Gasteiger partial charge is 0.225 e. The third kappa shape index (κ3) is 5.47. The molecule has 0 aromatic heterocycles. The van der Waals surface area contributed by atoms with Crippen LogP contribution in [-0.2, 0) is 4.79 Å². The van der Waals surface area contributed by atoms with Gasteiger partial charge in [-0.2, -0.15) is 11.8 Å². The SMILES string of the molecule is CSCCN(CSC)C(=O)C(C)C. The average Bonchev–Trinajstić information content (AvgIpc) is 2.11. The van der Waals surface area contributed by atoms with Crippen LogP contribution in [0.25, 0.3) is 0 Å². The van der Waals surface area contributed by atoms with Gasteiger partial charge in [-0.15, -0.1) is 11.8 Å². The van der Waals surface area contributed by atoms with Crippen molar-refractivity contribution in [3.05, 3.63) is 0 Å². The Balaban J connectivity index is 3.99. The fourth-order valence-corrected chi connectivity index (χ4v) is 1.93. The van der Waals surface area contributed by atoms with Crippen molar-refractivity contribution in [3.8, 4) is 0 Å². The van der Waals surface area contributed by atoms with Gasteiger partial charge >= 0.3 is 0 Å². The molecule has 0 spiro atoms. The van der Waals surface area contributed by atoms with Gasteiger partial charge in [-0.1, -0.05) is 13.8 Å². The largest absolute Gasteiger partial charge is 0.332 e. The minimum Gasteiger partial charge on any atom is -0.332 e. The number of carbonyl (C=O) groups is 1. The van der Waals surface area contributed by atoms with Gasteiger partial charge in [-0.05, 0) is 12.5 Å². The molecule has 0 N–H and O–H groups in total. The number of rotatable bonds is 6. The first kappa shape index (κ1) is 13.2. The Morgan fingerprint density at radius 2 is 1.92 bits per heavy atom. The van der Waals surface area contributed by atoms with Gasteiger partial charge in [0.25, 0.3) is 0 Å². The van der Waals surface area contributed by atoms with Crippen molar-refractivity contribution in [2.45, 2.75) is 13.8 Å². The maximum absolute atomic E-state index is 11.6. The summed E-state index contributed by atoms with van der Waals surface area (Å²) in [5.74, 6) is 2.23. The van der Waals surface area contributed by atoms with Crippen LogP contribution in [0.15, 0.2) is 0 Å². The molecule has 2 nitrogen and oxygen atoms in total. The van der Waals surface area contributed by atoms with Crippen LogP contribution in [0.5, 0.6) is 0 Å². The highest BCUT2D eigenvalue weighted by molar-refractivity contribution is 7.98. The molecule has 0 aliphatic heterocycles. The maximum atomic E-state index is 11.6. The first-order valence-electron chi connectivity index (χ1n) is 4.40. The number of carbonyl (C=O) groups excluding carboxylic acids is 1. The highest BCUT2D eigenvalue weighted by atomic mass is 32.2. The van der Waals surface area contributed by atoms with Crippen LogP contribution in [-0.4, -0.2) is 41.5 Å². The van der Waals surface area contributed by atoms with Crippen LogP contribution >= 0.6 is 23.5 Å². The molecule has 0 heterocycles. The molecule has 0 aliphatic rings. The Morgan fingerprint density at radius 1 is 1.31 bits per heavy atom. The monoisotopic (exact) mass is 221 g/mol. The predicted molar refractivity (Wildman–Crippen MR) is 63.3 cm³/mol. The lowest BCUT2D eigenvalue weighted by Gasteiger charge is -2.23. The number of hydrogen-bond acceptors (Lipinski definition) is 3. The minimum atomic E-state index is 0.119. The quantitative estimate of drug-likeness (QED) is 0.641. The third-order valence-electron chi connectivity index (χ3n) is 1.66. The fraction of sp³-hybridized carbons (Fsp3) is 0.889. The molecule has 0 atom stereocenters. The second-order valence-electron chi connectivity index (χ2n) is 3.17. The van der Waals surface area contributed by atoms with Crippen molar-refractivity contribution >= 4 is 29.4 Å². The van der Waals surface area contributed by atoms with Crippen molar-refractivity contribution in [3.63, 3.8) is 0 Å². The molecule has 78 valence electrons. The summed E-state index contributed by atoms with van der Waals surface area (Å²) in [5, 5.41) is 0. The highest BCUT2D eigenvalue weighted by Crippen LogP contribution is 2.07. The average molecular weight is 221 g/mol. The number of amides is 1. The van der Waals surface area contributed by atoms with Gasteiger partial charge in [0.1, 0.15) is 0 Å². The van der Waals surface area contributed by atoms with Crippen LogP contribution in [0.1, 0.15) is 13.8 Å². The third-order valence-corrected chi connectivity index (χ3v) is 2.82. The van der Waals surface area contributed by atoms with E-state index in [1.165, 1.54) is 0 Å². The Kier molecular flexibility index (Phi) is 7.66. The van der Waals surface area contributed by atoms with Crippen LogP contribution in [0, 0.1) is 5.92 Å². The molecule has 0 radical (unpaired) electrons. The van der Waals surface area contributed by atoms with E-state index in [1.54, 1.807) is 23.5 Å². The molecule has 0 aromatic carbocycles. The van der Waals surface area contributed by atoms with E-state index < -0.39 is 0 Å². The van der Waals surface area contributed by atoms with Gasteiger partial charge in [0.2, 0.25) is 5.91 Å². The van der Waals surface area contributed by atoms with Gasteiger partial charge in [0.05, 0.1) is 5.88 Å². The maximum Gasteiger partial charge on any atom is 0.225 e. The molecule has 0 saturated heterocycles. The molecular formula is C9H19NOS2. The summed E-state index contributed by atoms with van der Waals surface area (Å²) in [6, 6.07) is 0. The van der Waals surface area contributed by atoms with Crippen LogP contribution < -0.4 is 0 Å². The zero-order chi connectivity index (χ0) is 10.3. The molecular weight excluding hydrogens is 202 g/mol. The summed E-state index contributed by atoms with van der Waals surface area (Å²) < 4.78 is 0. The van der Waals surface area contributed by atoms with Crippen molar-refractivity contribution < 1.29 is 4.79 Å². The standard InChI is InChI=1S/C9H19NOS2/c1-8(2)9(11)10(7-13-4)5-6-12-3/h8H,5-7H2,1-4H3. The van der Waals surface area contributed by atoms with E-state index in [4.69, 9.17) is 0 Å². The van der Waals surface area contributed by atoms with Gasteiger partial charge in [-0.3, -0.25) is 4.79 Å². The van der Waals surface area contributed by atoms with Crippen LogP contribution in [0.3, 0.4) is 0 Å². The van der Waals surface area contributed by atoms with Gasteiger partial charge in [0, 0.05) is 18.2 Å². The molecule has 0 fully saturated rings. The first-order valence-corrected chi connectivity index (χ1v) is 7.19. The highest BCUT2D eigenvalue weighted by Gasteiger charge is 2.15. The Morgan fingerprint density at radius 3 is 2.31 bits per heavy atom. The fourth-order valence-electron chi connectivity index (χ4n) is 0.961. The summed E-state index contributed by atoms with van der Waals surface area (Å²) >= 11 is 3.48. The Bertz CT molecular complexity index is 151. The summed E-state index contributed by atoms with van der Waals surface area (Å²) in [6.07, 6.45) is 4.09. The Hall–Kier alpha value is 0.170. The number of nitrogens with zero attached hydrogens (tertiary/aromatic N) is 1. The second-order valence-corrected chi connectivity index (χ2v) is 4.99. The lowest BCUT2D eigenvalue weighted by atomic mass is 10.2. The predicted octanol–water partition coefficient (Wildman–Crippen LogP) is 2.15. The second kappa shape index (κ2) is 7.56. The van der Waals surface area contributed by atoms with Crippen molar-refractivity contribution in [1.29, 1.82) is 0 Å². The van der Waals surface area contributed by atoms with Crippen LogP contribution in [0.4, 0.5) is 0 Å². The van der Waals surface area contributed by atoms with E-state index in [9.17, 15) is 4.79 Å². The normalized spacial score (nSPS) is 10.5. The van der Waals surface area contributed by atoms with Gasteiger partial charge in [-0.25, -0.2) is 0 Å². The molecule has 0 aromatic rings. The van der Waals surface area contributed by atoms with Crippen molar-refractivity contribution in [1.82, 2.24) is 4.90 Å². The zero-order valence-corrected chi connectivity index (χ0v) is 10.5. The van der Waals surface area contributed by atoms with E-state index in [1.807, 2.05) is 25.0 Å². The molecule has 13 heavy (non-hydrogen) atoms. The van der Waals surface area contributed by atoms with E-state index in [2.05, 4.69) is 6.26 Å². The Labute approximate surface area is 89.8 Å². The zero-order valence-electron chi connectivity index (χ0n) is 8.87. The molecule has 0 unspecified atom stereocenters. The van der Waals surface area contributed by atoms with Crippen molar-refractivity contribution in [2.75, 3.05) is 30.7 Å². The lowest BCUT2D eigenvalue weighted by Crippen LogP contribution is -2.35. The topological polar surface area (TPSA) is 20.3 Å². The van der Waals surface area contributed by atoms with Gasteiger partial charge in [0.15, 0.2) is 0 Å². The molecule has 0 rings (SSSR count).